The van der Waals surface area contributed by atoms with Crippen molar-refractivity contribution in [3.8, 4) is 5.75 Å². The molecule has 0 unspecified atom stereocenters. The van der Waals surface area contributed by atoms with Gasteiger partial charge in [0, 0.05) is 12.8 Å². The van der Waals surface area contributed by atoms with Gasteiger partial charge in [-0.05, 0) is 43.0 Å². The van der Waals surface area contributed by atoms with Crippen molar-refractivity contribution in [2.75, 3.05) is 25.9 Å². The number of carbonyl (C=O) groups is 1. The molecule has 0 saturated carbocycles. The molecule has 5 nitrogen and oxygen atoms in total. The summed E-state index contributed by atoms with van der Waals surface area (Å²) < 4.78 is 15.6. The molecule has 2 atom stereocenters. The van der Waals surface area contributed by atoms with Gasteiger partial charge >= 0.3 is 0 Å². The Hall–Kier alpha value is -1.59. The number of amides is 1. The summed E-state index contributed by atoms with van der Waals surface area (Å²) in [7, 11) is 3.19. The van der Waals surface area contributed by atoms with Gasteiger partial charge in [-0.1, -0.05) is 13.8 Å². The Bertz CT molecular complexity index is 486. The SMILES string of the molecule is COCO[C@H]1C(=O)N(c2ccc(OC)cc2)[C@H]1CCC(C)C. The molecule has 1 amide bonds. The number of rotatable bonds is 8. The van der Waals surface area contributed by atoms with Crippen LogP contribution in [0.25, 0.3) is 0 Å². The fraction of sp³-hybridized carbons (Fsp3) is 0.588. The number of hydrogen-bond donors (Lipinski definition) is 0. The zero-order valence-electron chi connectivity index (χ0n) is 13.7. The predicted molar refractivity (Wildman–Crippen MR) is 85.1 cm³/mol. The van der Waals surface area contributed by atoms with Crippen molar-refractivity contribution in [2.24, 2.45) is 5.92 Å². The number of ether oxygens (including phenoxy) is 3. The quantitative estimate of drug-likeness (QED) is 0.547. The standard InChI is InChI=1S/C17H25NO4/c1-12(2)5-10-15-16(22-11-20-3)17(19)18(15)13-6-8-14(21-4)9-7-13/h6-9,12,15-16H,5,10-11H2,1-4H3/t15-,16+/m0/s1. The van der Waals surface area contributed by atoms with E-state index in [0.29, 0.717) is 5.92 Å². The molecule has 1 heterocycles. The summed E-state index contributed by atoms with van der Waals surface area (Å²) in [5.74, 6) is 1.37. The van der Waals surface area contributed by atoms with Crippen LogP contribution >= 0.6 is 0 Å². The molecule has 0 radical (unpaired) electrons. The molecule has 0 spiro atoms. The Morgan fingerprint density at radius 2 is 1.86 bits per heavy atom. The van der Waals surface area contributed by atoms with Crippen LogP contribution in [0.5, 0.6) is 5.75 Å². The van der Waals surface area contributed by atoms with Gasteiger partial charge < -0.3 is 19.1 Å². The van der Waals surface area contributed by atoms with Crippen molar-refractivity contribution < 1.29 is 19.0 Å². The minimum atomic E-state index is -0.402. The summed E-state index contributed by atoms with van der Waals surface area (Å²) in [5.41, 5.74) is 0.886. The Kier molecular flexibility index (Phi) is 5.80. The Morgan fingerprint density at radius 3 is 2.41 bits per heavy atom. The third-order valence-electron chi connectivity index (χ3n) is 3.92. The fourth-order valence-corrected chi connectivity index (χ4v) is 2.69. The van der Waals surface area contributed by atoms with E-state index < -0.39 is 6.10 Å². The number of β-lactam (4-membered cyclic amide) rings is 1. The summed E-state index contributed by atoms with van der Waals surface area (Å²) in [6.45, 7) is 4.51. The van der Waals surface area contributed by atoms with Crippen molar-refractivity contribution in [1.29, 1.82) is 0 Å². The normalized spacial score (nSPS) is 21.1. The second-order valence-electron chi connectivity index (χ2n) is 5.94. The molecular formula is C17H25NO4. The second kappa shape index (κ2) is 7.61. The van der Waals surface area contributed by atoms with Crippen LogP contribution in [0.3, 0.4) is 0 Å². The van der Waals surface area contributed by atoms with Gasteiger partial charge in [-0.15, -0.1) is 0 Å². The van der Waals surface area contributed by atoms with Gasteiger partial charge in [-0.2, -0.15) is 0 Å². The number of nitrogens with zero attached hydrogens (tertiary/aromatic N) is 1. The van der Waals surface area contributed by atoms with Crippen LogP contribution in [-0.4, -0.2) is 39.1 Å². The highest BCUT2D eigenvalue weighted by Crippen LogP contribution is 2.34. The van der Waals surface area contributed by atoms with Crippen molar-refractivity contribution >= 4 is 11.6 Å². The maximum Gasteiger partial charge on any atom is 0.258 e. The molecule has 5 heteroatoms. The monoisotopic (exact) mass is 307 g/mol. The molecule has 1 aromatic carbocycles. The largest absolute Gasteiger partial charge is 0.497 e. The summed E-state index contributed by atoms with van der Waals surface area (Å²) in [6.07, 6.45) is 1.57. The van der Waals surface area contributed by atoms with Gasteiger partial charge in [0.25, 0.3) is 5.91 Å². The molecular weight excluding hydrogens is 282 g/mol. The van der Waals surface area contributed by atoms with E-state index >= 15 is 0 Å². The van der Waals surface area contributed by atoms with Crippen LogP contribution in [0.15, 0.2) is 24.3 Å². The highest BCUT2D eigenvalue weighted by Gasteiger charge is 2.48. The summed E-state index contributed by atoms with van der Waals surface area (Å²) >= 11 is 0. The Morgan fingerprint density at radius 1 is 1.18 bits per heavy atom. The molecule has 1 aliphatic rings. The number of carbonyl (C=O) groups excluding carboxylic acids is 1. The zero-order valence-corrected chi connectivity index (χ0v) is 13.7. The van der Waals surface area contributed by atoms with Crippen molar-refractivity contribution in [2.45, 2.75) is 38.8 Å². The highest BCUT2D eigenvalue weighted by molar-refractivity contribution is 6.04. The Labute approximate surface area is 132 Å². The number of methoxy groups -OCH3 is 2. The Balaban J connectivity index is 2.10. The maximum atomic E-state index is 12.4. The van der Waals surface area contributed by atoms with Crippen LogP contribution in [0.4, 0.5) is 5.69 Å². The third kappa shape index (κ3) is 3.59. The van der Waals surface area contributed by atoms with E-state index in [-0.39, 0.29) is 18.7 Å². The van der Waals surface area contributed by atoms with Gasteiger partial charge in [-0.25, -0.2) is 0 Å². The molecule has 22 heavy (non-hydrogen) atoms. The van der Waals surface area contributed by atoms with Crippen molar-refractivity contribution in [3.63, 3.8) is 0 Å². The molecule has 1 saturated heterocycles. The van der Waals surface area contributed by atoms with Crippen LogP contribution in [0.1, 0.15) is 26.7 Å². The first-order valence-electron chi connectivity index (χ1n) is 7.66. The number of hydrogen-bond acceptors (Lipinski definition) is 4. The van der Waals surface area contributed by atoms with Gasteiger partial charge in [0.2, 0.25) is 0 Å². The third-order valence-corrected chi connectivity index (χ3v) is 3.92. The van der Waals surface area contributed by atoms with E-state index in [1.807, 2.05) is 29.2 Å². The summed E-state index contributed by atoms with van der Waals surface area (Å²) in [6, 6.07) is 7.62. The second-order valence-corrected chi connectivity index (χ2v) is 5.94. The minimum Gasteiger partial charge on any atom is -0.497 e. The first-order chi connectivity index (χ1) is 10.6. The van der Waals surface area contributed by atoms with Crippen LogP contribution in [0, 0.1) is 5.92 Å². The lowest BCUT2D eigenvalue weighted by Crippen LogP contribution is -2.66. The number of benzene rings is 1. The van der Waals surface area contributed by atoms with Gasteiger partial charge in [0.1, 0.15) is 12.5 Å². The predicted octanol–water partition coefficient (Wildman–Crippen LogP) is 2.84. The average Bonchev–Trinajstić information content (AvgIpc) is 2.52. The smallest absolute Gasteiger partial charge is 0.258 e. The highest BCUT2D eigenvalue weighted by atomic mass is 16.7. The topological polar surface area (TPSA) is 48.0 Å². The van der Waals surface area contributed by atoms with E-state index in [0.717, 1.165) is 24.3 Å². The van der Waals surface area contributed by atoms with Crippen molar-refractivity contribution in [3.05, 3.63) is 24.3 Å². The molecule has 0 bridgehead atoms. The van der Waals surface area contributed by atoms with Crippen molar-refractivity contribution in [1.82, 2.24) is 0 Å². The molecule has 1 aromatic rings. The van der Waals surface area contributed by atoms with Crippen LogP contribution < -0.4 is 9.64 Å². The fourth-order valence-electron chi connectivity index (χ4n) is 2.69. The summed E-state index contributed by atoms with van der Waals surface area (Å²) in [4.78, 5) is 14.2. The lowest BCUT2D eigenvalue weighted by atomic mass is 9.90. The lowest BCUT2D eigenvalue weighted by Gasteiger charge is -2.46. The molecule has 1 fully saturated rings. The van der Waals surface area contributed by atoms with Gasteiger partial charge in [-0.3, -0.25) is 4.79 Å². The minimum absolute atomic E-state index is 0.00373. The average molecular weight is 307 g/mol. The van der Waals surface area contributed by atoms with E-state index in [9.17, 15) is 4.79 Å². The van der Waals surface area contributed by atoms with Gasteiger partial charge in [0.15, 0.2) is 6.10 Å². The molecule has 0 aromatic heterocycles. The maximum absolute atomic E-state index is 12.4. The molecule has 122 valence electrons. The number of anilines is 1. The molecule has 0 aliphatic carbocycles. The van der Waals surface area contributed by atoms with E-state index in [2.05, 4.69) is 13.8 Å². The lowest BCUT2D eigenvalue weighted by molar-refractivity contribution is -0.154. The molecule has 0 N–H and O–H groups in total. The summed E-state index contributed by atoms with van der Waals surface area (Å²) in [5, 5.41) is 0. The van der Waals surface area contributed by atoms with Crippen LogP contribution in [0.2, 0.25) is 0 Å². The zero-order chi connectivity index (χ0) is 16.1. The first-order valence-corrected chi connectivity index (χ1v) is 7.66. The van der Waals surface area contributed by atoms with E-state index in [1.54, 1.807) is 14.2 Å². The van der Waals surface area contributed by atoms with Gasteiger partial charge in [0.05, 0.1) is 13.2 Å². The molecule has 1 aliphatic heterocycles. The van der Waals surface area contributed by atoms with E-state index in [4.69, 9.17) is 14.2 Å². The van der Waals surface area contributed by atoms with E-state index in [1.165, 1.54) is 0 Å². The first kappa shape index (κ1) is 16.8. The molecule has 2 rings (SSSR count). The van der Waals surface area contributed by atoms with Crippen LogP contribution in [-0.2, 0) is 14.3 Å².